The van der Waals surface area contributed by atoms with E-state index in [1.54, 1.807) is 12.3 Å². The van der Waals surface area contributed by atoms with Crippen molar-refractivity contribution in [1.29, 1.82) is 0 Å². The van der Waals surface area contributed by atoms with Crippen LogP contribution >= 0.6 is 11.3 Å². The van der Waals surface area contributed by atoms with E-state index in [0.717, 1.165) is 18.4 Å². The smallest absolute Gasteiger partial charge is 0.316 e. The summed E-state index contributed by atoms with van der Waals surface area (Å²) in [5.74, 6) is -3.41. The van der Waals surface area contributed by atoms with E-state index in [1.165, 1.54) is 0 Å². The molecule has 0 aliphatic rings. The second-order valence-electron chi connectivity index (χ2n) is 4.04. The fourth-order valence-corrected chi connectivity index (χ4v) is 2.54. The Labute approximate surface area is 109 Å². The molecule has 2 nitrogen and oxygen atoms in total. The summed E-state index contributed by atoms with van der Waals surface area (Å²) in [7, 11) is 1.08. The third-order valence-electron chi connectivity index (χ3n) is 2.54. The zero-order valence-corrected chi connectivity index (χ0v) is 10.9. The Morgan fingerprint density at radius 3 is 2.05 bits per heavy atom. The lowest BCUT2D eigenvalue weighted by Crippen LogP contribution is -2.51. The highest BCUT2D eigenvalue weighted by atomic mass is 32.1. The topological polar surface area (TPSA) is 24.9 Å². The molecule has 0 fully saturated rings. The number of hydrogen-bond acceptors (Lipinski definition) is 3. The van der Waals surface area contributed by atoms with E-state index in [0.29, 0.717) is 5.69 Å². The summed E-state index contributed by atoms with van der Waals surface area (Å²) in [6.07, 6.45) is -11.1. The van der Waals surface area contributed by atoms with Crippen LogP contribution in [0.15, 0.2) is 5.38 Å². The minimum absolute atomic E-state index is 0.246. The van der Waals surface area contributed by atoms with E-state index >= 15 is 0 Å². The Hall–Kier alpha value is -0.830. The molecular formula is C10H12F6N2S. The molecule has 9 heteroatoms. The Kier molecular flexibility index (Phi) is 4.83. The molecule has 0 spiro atoms. The molecule has 1 aromatic heterocycles. The van der Waals surface area contributed by atoms with E-state index in [-0.39, 0.29) is 5.01 Å². The van der Waals surface area contributed by atoms with Gasteiger partial charge in [-0.25, -0.2) is 4.98 Å². The molecule has 1 rings (SSSR count). The zero-order chi connectivity index (χ0) is 14.8. The van der Waals surface area contributed by atoms with E-state index in [2.05, 4.69) is 10.3 Å². The van der Waals surface area contributed by atoms with Crippen LogP contribution in [0.2, 0.25) is 0 Å². The van der Waals surface area contributed by atoms with Gasteiger partial charge in [-0.05, 0) is 14.0 Å². The number of aryl methyl sites for hydroxylation is 1. The highest BCUT2D eigenvalue weighted by Crippen LogP contribution is 2.42. The first-order valence-corrected chi connectivity index (χ1v) is 6.15. The van der Waals surface area contributed by atoms with Crippen LogP contribution in [0.3, 0.4) is 0 Å². The molecule has 0 aromatic carbocycles. The lowest BCUT2D eigenvalue weighted by molar-refractivity contribution is -0.291. The van der Waals surface area contributed by atoms with Gasteiger partial charge in [-0.15, -0.1) is 11.3 Å². The lowest BCUT2D eigenvalue weighted by Gasteiger charge is -2.30. The van der Waals surface area contributed by atoms with Gasteiger partial charge in [0.25, 0.3) is 0 Å². The maximum atomic E-state index is 12.6. The van der Waals surface area contributed by atoms with Crippen molar-refractivity contribution in [1.82, 2.24) is 10.3 Å². The monoisotopic (exact) mass is 306 g/mol. The predicted molar refractivity (Wildman–Crippen MR) is 59.0 cm³/mol. The van der Waals surface area contributed by atoms with Crippen LogP contribution in [0.25, 0.3) is 0 Å². The molecule has 1 atom stereocenters. The summed E-state index contributed by atoms with van der Waals surface area (Å²) < 4.78 is 75.5. The minimum Gasteiger partial charge on any atom is -0.316 e. The largest absolute Gasteiger partial charge is 0.402 e. The highest BCUT2D eigenvalue weighted by molar-refractivity contribution is 7.09. The van der Waals surface area contributed by atoms with Gasteiger partial charge in [0, 0.05) is 23.5 Å². The summed E-state index contributed by atoms with van der Waals surface area (Å²) >= 11 is 1.05. The Balaban J connectivity index is 2.97. The average Bonchev–Trinajstić information content (AvgIpc) is 2.58. The SMILES string of the molecule is CNC(Cc1nc(C)cs1)C(C(F)(F)F)C(F)(F)F. The van der Waals surface area contributed by atoms with Crippen molar-refractivity contribution in [3.8, 4) is 0 Å². The normalized spacial score (nSPS) is 15.0. The number of thiazole rings is 1. The van der Waals surface area contributed by atoms with Crippen LogP contribution < -0.4 is 5.32 Å². The summed E-state index contributed by atoms with van der Waals surface area (Å²) in [4.78, 5) is 3.89. The minimum atomic E-state index is -5.35. The number of nitrogens with zero attached hydrogens (tertiary/aromatic N) is 1. The van der Waals surface area contributed by atoms with E-state index < -0.39 is 30.7 Å². The van der Waals surface area contributed by atoms with E-state index in [1.807, 2.05) is 0 Å². The molecule has 1 N–H and O–H groups in total. The first-order valence-electron chi connectivity index (χ1n) is 5.27. The second kappa shape index (κ2) is 5.66. The predicted octanol–water partition coefficient (Wildman–Crippen LogP) is 3.32. The number of halogens is 6. The third kappa shape index (κ3) is 4.34. The fraction of sp³-hybridized carbons (Fsp3) is 0.700. The standard InChI is InChI=1S/C10H12F6N2S/c1-5-4-19-7(18-5)3-6(17-2)8(9(11,12)13)10(14,15)16/h4,6,8,17H,3H2,1-2H3. The number of nitrogens with one attached hydrogen (secondary N) is 1. The molecular weight excluding hydrogens is 294 g/mol. The third-order valence-corrected chi connectivity index (χ3v) is 3.53. The van der Waals surface area contributed by atoms with Gasteiger partial charge < -0.3 is 5.32 Å². The van der Waals surface area contributed by atoms with Gasteiger partial charge in [0.15, 0.2) is 5.92 Å². The van der Waals surface area contributed by atoms with Gasteiger partial charge in [-0.2, -0.15) is 26.3 Å². The van der Waals surface area contributed by atoms with E-state index in [9.17, 15) is 26.3 Å². The van der Waals surface area contributed by atoms with Crippen LogP contribution in [0.1, 0.15) is 10.7 Å². The maximum absolute atomic E-state index is 12.6. The lowest BCUT2D eigenvalue weighted by atomic mass is 9.96. The molecule has 0 aliphatic heterocycles. The van der Waals surface area contributed by atoms with Crippen LogP contribution in [0, 0.1) is 12.8 Å². The van der Waals surface area contributed by atoms with E-state index in [4.69, 9.17) is 0 Å². The number of aromatic nitrogens is 1. The second-order valence-corrected chi connectivity index (χ2v) is 4.99. The summed E-state index contributed by atoms with van der Waals surface area (Å²) in [6, 6.07) is -1.79. The van der Waals surface area contributed by atoms with Crippen LogP contribution in [-0.2, 0) is 6.42 Å². The van der Waals surface area contributed by atoms with Gasteiger partial charge in [-0.3, -0.25) is 0 Å². The van der Waals surface area contributed by atoms with Crippen LogP contribution in [0.5, 0.6) is 0 Å². The average molecular weight is 306 g/mol. The molecule has 1 unspecified atom stereocenters. The van der Waals surface area contributed by atoms with Crippen molar-refractivity contribution in [2.24, 2.45) is 5.92 Å². The van der Waals surface area contributed by atoms with Gasteiger partial charge in [0.2, 0.25) is 0 Å². The number of hydrogen-bond donors (Lipinski definition) is 1. The molecule has 0 bridgehead atoms. The molecule has 0 saturated carbocycles. The molecule has 1 heterocycles. The molecule has 1 aromatic rings. The highest BCUT2D eigenvalue weighted by Gasteiger charge is 2.59. The van der Waals surface area contributed by atoms with Gasteiger partial charge in [-0.1, -0.05) is 0 Å². The summed E-state index contributed by atoms with van der Waals surface area (Å²) in [5.41, 5.74) is 0.574. The fourth-order valence-electron chi connectivity index (χ4n) is 1.71. The quantitative estimate of drug-likeness (QED) is 0.863. The molecule has 0 saturated heterocycles. The Morgan fingerprint density at radius 2 is 1.74 bits per heavy atom. The van der Waals surface area contributed by atoms with Crippen molar-refractivity contribution in [2.75, 3.05) is 7.05 Å². The number of likely N-dealkylation sites (N-methyl/N-ethyl adjacent to an activating group) is 1. The summed E-state index contributed by atoms with van der Waals surface area (Å²) in [6.45, 7) is 1.62. The van der Waals surface area contributed by atoms with Crippen molar-refractivity contribution >= 4 is 11.3 Å². The zero-order valence-electron chi connectivity index (χ0n) is 10.1. The number of rotatable bonds is 4. The first-order chi connectivity index (χ1) is 8.55. The van der Waals surface area contributed by atoms with Crippen molar-refractivity contribution < 1.29 is 26.3 Å². The van der Waals surface area contributed by atoms with Gasteiger partial charge in [0.1, 0.15) is 0 Å². The maximum Gasteiger partial charge on any atom is 0.402 e. The van der Waals surface area contributed by atoms with Crippen LogP contribution in [-0.4, -0.2) is 30.4 Å². The molecule has 110 valence electrons. The molecule has 0 aliphatic carbocycles. The van der Waals surface area contributed by atoms with Gasteiger partial charge in [0.05, 0.1) is 5.01 Å². The van der Waals surface area contributed by atoms with Crippen molar-refractivity contribution in [3.63, 3.8) is 0 Å². The summed E-state index contributed by atoms with van der Waals surface area (Å²) in [5, 5.41) is 3.93. The Morgan fingerprint density at radius 1 is 1.21 bits per heavy atom. The Bertz CT molecular complexity index is 397. The molecule has 0 radical (unpaired) electrons. The van der Waals surface area contributed by atoms with Crippen LogP contribution in [0.4, 0.5) is 26.3 Å². The van der Waals surface area contributed by atoms with Crippen molar-refractivity contribution in [3.05, 3.63) is 16.1 Å². The number of alkyl halides is 6. The first kappa shape index (κ1) is 16.2. The molecule has 0 amide bonds. The molecule has 19 heavy (non-hydrogen) atoms. The van der Waals surface area contributed by atoms with Gasteiger partial charge >= 0.3 is 12.4 Å². The van der Waals surface area contributed by atoms with Crippen molar-refractivity contribution in [2.45, 2.75) is 31.7 Å².